The minimum Gasteiger partial charge on any atom is -0.268 e. The fourth-order valence-electron chi connectivity index (χ4n) is 2.73. The quantitative estimate of drug-likeness (QED) is 0.515. The van der Waals surface area contributed by atoms with Crippen LogP contribution in [0.5, 0.6) is 0 Å². The molecule has 3 aromatic carbocycles. The van der Waals surface area contributed by atoms with Gasteiger partial charge in [-0.25, -0.2) is 4.98 Å². The molecular weight excluding hydrogens is 320 g/mol. The van der Waals surface area contributed by atoms with Crippen molar-refractivity contribution in [3.8, 4) is 11.4 Å². The van der Waals surface area contributed by atoms with Gasteiger partial charge in [0.05, 0.1) is 11.0 Å². The van der Waals surface area contributed by atoms with E-state index in [0.29, 0.717) is 16.4 Å². The minimum absolute atomic E-state index is 0.103. The normalized spacial score (nSPS) is 10.9. The molecule has 1 aromatic heterocycles. The molecule has 0 spiro atoms. The summed E-state index contributed by atoms with van der Waals surface area (Å²) in [5, 5.41) is 0.649. The van der Waals surface area contributed by atoms with Gasteiger partial charge in [-0.15, -0.1) is 0 Å². The number of benzene rings is 3. The Labute approximate surface area is 144 Å². The van der Waals surface area contributed by atoms with Crippen LogP contribution >= 0.6 is 11.6 Å². The average molecular weight is 333 g/mol. The topological polar surface area (TPSA) is 34.9 Å². The number of para-hydroxylation sites is 2. The standard InChI is InChI=1S/C20H13ClN2O/c21-16-12-10-14(11-13-16)19-22-17-8-4-5-9-18(17)23(19)20(24)15-6-2-1-3-7-15/h1-13H. The maximum absolute atomic E-state index is 13.1. The summed E-state index contributed by atoms with van der Waals surface area (Å²) in [5.74, 6) is 0.510. The first-order valence-electron chi connectivity index (χ1n) is 7.57. The van der Waals surface area contributed by atoms with Gasteiger partial charge in [0.15, 0.2) is 0 Å². The van der Waals surface area contributed by atoms with Crippen molar-refractivity contribution in [2.75, 3.05) is 0 Å². The maximum atomic E-state index is 13.1. The number of aromatic nitrogens is 2. The zero-order valence-electron chi connectivity index (χ0n) is 12.7. The lowest BCUT2D eigenvalue weighted by Crippen LogP contribution is -2.13. The van der Waals surface area contributed by atoms with E-state index in [4.69, 9.17) is 11.6 Å². The highest BCUT2D eigenvalue weighted by Gasteiger charge is 2.19. The molecule has 4 aromatic rings. The number of fused-ring (bicyclic) bond motifs is 1. The third kappa shape index (κ3) is 2.49. The molecule has 3 nitrogen and oxygen atoms in total. The summed E-state index contributed by atoms with van der Waals surface area (Å²) in [7, 11) is 0. The largest absolute Gasteiger partial charge is 0.268 e. The summed E-state index contributed by atoms with van der Waals surface area (Å²) in [6.07, 6.45) is 0. The summed E-state index contributed by atoms with van der Waals surface area (Å²) >= 11 is 5.98. The van der Waals surface area contributed by atoms with E-state index in [-0.39, 0.29) is 5.91 Å². The van der Waals surface area contributed by atoms with Crippen LogP contribution in [0.4, 0.5) is 0 Å². The van der Waals surface area contributed by atoms with E-state index in [1.54, 1.807) is 16.7 Å². The highest BCUT2D eigenvalue weighted by Crippen LogP contribution is 2.27. The monoisotopic (exact) mass is 332 g/mol. The second-order valence-electron chi connectivity index (χ2n) is 5.44. The smallest absolute Gasteiger partial charge is 0.264 e. The highest BCUT2D eigenvalue weighted by molar-refractivity contribution is 6.30. The van der Waals surface area contributed by atoms with Gasteiger partial charge in [0, 0.05) is 16.1 Å². The molecule has 0 aliphatic carbocycles. The molecule has 116 valence electrons. The molecule has 0 unspecified atom stereocenters. The van der Waals surface area contributed by atoms with Crippen LogP contribution in [-0.2, 0) is 0 Å². The van der Waals surface area contributed by atoms with Gasteiger partial charge >= 0.3 is 0 Å². The van der Waals surface area contributed by atoms with Crippen LogP contribution in [-0.4, -0.2) is 15.5 Å². The van der Waals surface area contributed by atoms with Crippen LogP contribution in [0.25, 0.3) is 22.4 Å². The Kier molecular flexibility index (Phi) is 3.63. The van der Waals surface area contributed by atoms with Crippen LogP contribution in [0.1, 0.15) is 10.4 Å². The van der Waals surface area contributed by atoms with E-state index in [9.17, 15) is 4.79 Å². The molecule has 0 aliphatic rings. The predicted octanol–water partition coefficient (Wildman–Crippen LogP) is 5.05. The third-order valence-electron chi connectivity index (χ3n) is 3.89. The molecule has 0 N–H and O–H groups in total. The molecule has 0 saturated carbocycles. The zero-order chi connectivity index (χ0) is 16.5. The van der Waals surface area contributed by atoms with Gasteiger partial charge in [-0.1, -0.05) is 41.9 Å². The molecule has 4 heteroatoms. The number of nitrogens with zero attached hydrogens (tertiary/aromatic N) is 2. The lowest BCUT2D eigenvalue weighted by atomic mass is 10.2. The predicted molar refractivity (Wildman–Crippen MR) is 96.3 cm³/mol. The summed E-state index contributed by atoms with van der Waals surface area (Å²) in [5.41, 5.74) is 3.04. The Morgan fingerprint density at radius 1 is 0.833 bits per heavy atom. The maximum Gasteiger partial charge on any atom is 0.264 e. The molecule has 0 fully saturated rings. The van der Waals surface area contributed by atoms with E-state index < -0.39 is 0 Å². The second-order valence-corrected chi connectivity index (χ2v) is 5.87. The first-order chi connectivity index (χ1) is 11.7. The number of rotatable bonds is 2. The molecular formula is C20H13ClN2O. The summed E-state index contributed by atoms with van der Waals surface area (Å²) in [4.78, 5) is 17.7. The molecule has 0 amide bonds. The van der Waals surface area contributed by atoms with Crippen molar-refractivity contribution in [2.24, 2.45) is 0 Å². The van der Waals surface area contributed by atoms with Crippen molar-refractivity contribution >= 4 is 28.5 Å². The molecule has 0 radical (unpaired) electrons. The number of hydrogen-bond donors (Lipinski definition) is 0. The number of carbonyl (C=O) groups is 1. The van der Waals surface area contributed by atoms with Crippen LogP contribution < -0.4 is 0 Å². The fraction of sp³-hybridized carbons (Fsp3) is 0. The number of hydrogen-bond acceptors (Lipinski definition) is 2. The van der Waals surface area contributed by atoms with Crippen molar-refractivity contribution in [1.29, 1.82) is 0 Å². The van der Waals surface area contributed by atoms with Crippen molar-refractivity contribution in [3.63, 3.8) is 0 Å². The van der Waals surface area contributed by atoms with Crippen molar-refractivity contribution in [2.45, 2.75) is 0 Å². The zero-order valence-corrected chi connectivity index (χ0v) is 13.4. The lowest BCUT2D eigenvalue weighted by Gasteiger charge is -2.08. The molecule has 24 heavy (non-hydrogen) atoms. The SMILES string of the molecule is O=C(c1ccccc1)n1c(-c2ccc(Cl)cc2)nc2ccccc21. The van der Waals surface area contributed by atoms with Crippen molar-refractivity contribution < 1.29 is 4.79 Å². The van der Waals surface area contributed by atoms with Crippen LogP contribution in [0.2, 0.25) is 5.02 Å². The van der Waals surface area contributed by atoms with Gasteiger partial charge in [0.1, 0.15) is 5.82 Å². The number of carbonyl (C=O) groups excluding carboxylic acids is 1. The van der Waals surface area contributed by atoms with E-state index in [1.807, 2.05) is 66.7 Å². The van der Waals surface area contributed by atoms with Crippen LogP contribution in [0, 0.1) is 0 Å². The van der Waals surface area contributed by atoms with E-state index >= 15 is 0 Å². The van der Waals surface area contributed by atoms with Gasteiger partial charge in [-0.2, -0.15) is 0 Å². The van der Waals surface area contributed by atoms with Crippen molar-refractivity contribution in [3.05, 3.63) is 89.4 Å². The Morgan fingerprint density at radius 2 is 1.50 bits per heavy atom. The minimum atomic E-state index is -0.103. The summed E-state index contributed by atoms with van der Waals surface area (Å²) < 4.78 is 1.66. The summed E-state index contributed by atoms with van der Waals surface area (Å²) in [6.45, 7) is 0. The summed E-state index contributed by atoms with van der Waals surface area (Å²) in [6, 6.07) is 24.2. The average Bonchev–Trinajstić information content (AvgIpc) is 3.02. The highest BCUT2D eigenvalue weighted by atomic mass is 35.5. The van der Waals surface area contributed by atoms with Gasteiger partial charge in [0.25, 0.3) is 5.91 Å². The third-order valence-corrected chi connectivity index (χ3v) is 4.14. The van der Waals surface area contributed by atoms with Gasteiger partial charge in [-0.3, -0.25) is 9.36 Å². The Hall–Kier alpha value is -2.91. The Balaban J connectivity index is 1.97. The van der Waals surface area contributed by atoms with Crippen LogP contribution in [0.15, 0.2) is 78.9 Å². The molecule has 0 saturated heterocycles. The van der Waals surface area contributed by atoms with E-state index in [0.717, 1.165) is 16.6 Å². The lowest BCUT2D eigenvalue weighted by molar-refractivity contribution is 0.0966. The molecule has 1 heterocycles. The van der Waals surface area contributed by atoms with Gasteiger partial charge in [0.2, 0.25) is 0 Å². The Bertz CT molecular complexity index is 1020. The molecule has 0 atom stereocenters. The van der Waals surface area contributed by atoms with Gasteiger partial charge < -0.3 is 0 Å². The Morgan fingerprint density at radius 3 is 2.25 bits per heavy atom. The number of imidazole rings is 1. The fourth-order valence-corrected chi connectivity index (χ4v) is 2.86. The molecule has 0 bridgehead atoms. The first kappa shape index (κ1) is 14.7. The first-order valence-corrected chi connectivity index (χ1v) is 7.95. The van der Waals surface area contributed by atoms with E-state index in [2.05, 4.69) is 4.98 Å². The number of halogens is 1. The second kappa shape index (κ2) is 5.95. The molecule has 0 aliphatic heterocycles. The van der Waals surface area contributed by atoms with Gasteiger partial charge in [-0.05, 0) is 48.5 Å². The van der Waals surface area contributed by atoms with Crippen LogP contribution in [0.3, 0.4) is 0 Å². The van der Waals surface area contributed by atoms with Crippen molar-refractivity contribution in [1.82, 2.24) is 9.55 Å². The molecule has 4 rings (SSSR count). The van der Waals surface area contributed by atoms with E-state index in [1.165, 1.54) is 0 Å².